The highest BCUT2D eigenvalue weighted by Gasteiger charge is 2.25. The maximum atomic E-state index is 13.6. The third kappa shape index (κ3) is 4.65. The van der Waals surface area contributed by atoms with Crippen LogP contribution in [0.2, 0.25) is 0 Å². The molecule has 0 spiro atoms. The molecule has 0 unspecified atom stereocenters. The number of carbonyl (C=O) groups excluding carboxylic acids is 1. The summed E-state index contributed by atoms with van der Waals surface area (Å²) in [6.45, 7) is 1.84. The van der Waals surface area contributed by atoms with Gasteiger partial charge in [0.15, 0.2) is 17.6 Å². The van der Waals surface area contributed by atoms with Crippen molar-refractivity contribution < 1.29 is 18.7 Å². The Morgan fingerprint density at radius 1 is 1.07 bits per heavy atom. The van der Waals surface area contributed by atoms with Crippen molar-refractivity contribution in [2.75, 3.05) is 12.0 Å². The summed E-state index contributed by atoms with van der Waals surface area (Å²) in [7, 11) is 1.54. The zero-order valence-electron chi connectivity index (χ0n) is 15.7. The lowest BCUT2D eigenvalue weighted by molar-refractivity contribution is -0.124. The second kappa shape index (κ2) is 8.99. The molecule has 0 fully saturated rings. The van der Waals surface area contributed by atoms with E-state index < -0.39 is 6.10 Å². The van der Waals surface area contributed by atoms with Gasteiger partial charge < -0.3 is 9.47 Å². The van der Waals surface area contributed by atoms with Gasteiger partial charge in [-0.1, -0.05) is 30.3 Å². The molecular weight excluding hydrogens is 359 g/mol. The first kappa shape index (κ1) is 19.4. The summed E-state index contributed by atoms with van der Waals surface area (Å²) in [5.41, 5.74) is 0.656. The van der Waals surface area contributed by atoms with Crippen LogP contribution in [0.1, 0.15) is 12.5 Å². The highest BCUT2D eigenvalue weighted by Crippen LogP contribution is 2.27. The molecule has 6 heteroatoms. The van der Waals surface area contributed by atoms with E-state index in [0.29, 0.717) is 22.9 Å². The van der Waals surface area contributed by atoms with E-state index in [0.717, 1.165) is 0 Å². The zero-order chi connectivity index (χ0) is 19.9. The second-order valence-electron chi connectivity index (χ2n) is 6.15. The lowest BCUT2D eigenvalue weighted by Crippen LogP contribution is -2.40. The summed E-state index contributed by atoms with van der Waals surface area (Å²) in [5.74, 6) is 0.819. The van der Waals surface area contributed by atoms with Gasteiger partial charge in [0.25, 0.3) is 5.91 Å². The van der Waals surface area contributed by atoms with Crippen LogP contribution in [0.3, 0.4) is 0 Å². The van der Waals surface area contributed by atoms with Crippen LogP contribution in [0.15, 0.2) is 72.9 Å². The van der Waals surface area contributed by atoms with E-state index in [1.807, 2.05) is 6.07 Å². The molecule has 1 amide bonds. The number of nitrogens with zero attached hydrogens (tertiary/aromatic N) is 2. The molecule has 0 aliphatic carbocycles. The average Bonchev–Trinajstić information content (AvgIpc) is 2.72. The van der Waals surface area contributed by atoms with Crippen LogP contribution >= 0.6 is 0 Å². The van der Waals surface area contributed by atoms with Gasteiger partial charge >= 0.3 is 0 Å². The predicted molar refractivity (Wildman–Crippen MR) is 105 cm³/mol. The number of halogens is 1. The van der Waals surface area contributed by atoms with Gasteiger partial charge in [-0.05, 0) is 48.9 Å². The van der Waals surface area contributed by atoms with Crippen molar-refractivity contribution in [2.24, 2.45) is 0 Å². The van der Waals surface area contributed by atoms with E-state index in [1.54, 1.807) is 68.8 Å². The first-order valence-corrected chi connectivity index (χ1v) is 8.85. The minimum atomic E-state index is -0.799. The smallest absolute Gasteiger partial charge is 0.269 e. The molecule has 1 atom stereocenters. The number of hydrogen-bond donors (Lipinski definition) is 0. The fraction of sp³-hybridized carbons (Fsp3) is 0.182. The predicted octanol–water partition coefficient (Wildman–Crippen LogP) is 4.23. The lowest BCUT2D eigenvalue weighted by atomic mass is 10.2. The number of benzene rings is 2. The van der Waals surface area contributed by atoms with Crippen molar-refractivity contribution in [2.45, 2.75) is 19.6 Å². The number of rotatable bonds is 7. The van der Waals surface area contributed by atoms with Crippen molar-refractivity contribution in [1.29, 1.82) is 0 Å². The minimum Gasteiger partial charge on any atom is -0.493 e. The van der Waals surface area contributed by atoms with E-state index in [4.69, 9.17) is 9.47 Å². The lowest BCUT2D eigenvalue weighted by Gasteiger charge is -2.26. The zero-order valence-corrected chi connectivity index (χ0v) is 15.7. The van der Waals surface area contributed by atoms with Gasteiger partial charge in [0.2, 0.25) is 0 Å². The van der Waals surface area contributed by atoms with Crippen LogP contribution in [0.5, 0.6) is 11.5 Å². The number of para-hydroxylation sites is 2. The normalized spacial score (nSPS) is 11.5. The van der Waals surface area contributed by atoms with Gasteiger partial charge in [-0.2, -0.15) is 0 Å². The molecular formula is C22H21FN2O3. The van der Waals surface area contributed by atoms with Gasteiger partial charge in [-0.15, -0.1) is 0 Å². The molecule has 2 aromatic carbocycles. The van der Waals surface area contributed by atoms with Crippen molar-refractivity contribution in [3.8, 4) is 11.5 Å². The van der Waals surface area contributed by atoms with Crippen LogP contribution in [-0.4, -0.2) is 24.1 Å². The monoisotopic (exact) mass is 380 g/mol. The van der Waals surface area contributed by atoms with Crippen molar-refractivity contribution in [3.05, 3.63) is 84.3 Å². The molecule has 1 heterocycles. The van der Waals surface area contributed by atoms with Crippen LogP contribution in [0.4, 0.5) is 10.2 Å². The average molecular weight is 380 g/mol. The minimum absolute atomic E-state index is 0.174. The van der Waals surface area contributed by atoms with Crippen molar-refractivity contribution in [3.63, 3.8) is 0 Å². The molecule has 0 aliphatic rings. The van der Waals surface area contributed by atoms with Crippen LogP contribution in [-0.2, 0) is 11.3 Å². The molecule has 144 valence electrons. The number of anilines is 1. The van der Waals surface area contributed by atoms with Crippen molar-refractivity contribution >= 4 is 11.7 Å². The van der Waals surface area contributed by atoms with Gasteiger partial charge in [0, 0.05) is 6.20 Å². The maximum absolute atomic E-state index is 13.6. The Labute approximate surface area is 163 Å². The Hall–Kier alpha value is -3.41. The molecule has 0 bridgehead atoms. The number of carbonyl (C=O) groups is 1. The van der Waals surface area contributed by atoms with E-state index in [2.05, 4.69) is 4.98 Å². The van der Waals surface area contributed by atoms with Crippen LogP contribution < -0.4 is 14.4 Å². The Kier molecular flexibility index (Phi) is 6.22. The third-order valence-electron chi connectivity index (χ3n) is 4.14. The number of pyridine rings is 1. The van der Waals surface area contributed by atoms with E-state index in [9.17, 15) is 9.18 Å². The van der Waals surface area contributed by atoms with Gasteiger partial charge in [-0.25, -0.2) is 9.37 Å². The van der Waals surface area contributed by atoms with E-state index in [-0.39, 0.29) is 18.3 Å². The number of amides is 1. The second-order valence-corrected chi connectivity index (χ2v) is 6.15. The fourth-order valence-electron chi connectivity index (χ4n) is 2.78. The molecule has 5 nitrogen and oxygen atoms in total. The summed E-state index contributed by atoms with van der Waals surface area (Å²) >= 11 is 0. The summed E-state index contributed by atoms with van der Waals surface area (Å²) in [6.07, 6.45) is 0.805. The highest BCUT2D eigenvalue weighted by atomic mass is 19.1. The number of ether oxygens (including phenoxy) is 2. The SMILES string of the molecule is COc1ccccc1O[C@@H](C)C(=O)N(Cc1cccc(F)c1)c1ccccn1. The van der Waals surface area contributed by atoms with Crippen LogP contribution in [0, 0.1) is 5.82 Å². The van der Waals surface area contributed by atoms with Gasteiger partial charge in [0.05, 0.1) is 13.7 Å². The summed E-state index contributed by atoms with van der Waals surface area (Å²) < 4.78 is 24.7. The highest BCUT2D eigenvalue weighted by molar-refractivity contribution is 5.95. The van der Waals surface area contributed by atoms with Gasteiger partial charge in [-0.3, -0.25) is 9.69 Å². The molecule has 28 heavy (non-hydrogen) atoms. The molecule has 0 radical (unpaired) electrons. The molecule has 1 aromatic heterocycles. The Morgan fingerprint density at radius 3 is 2.50 bits per heavy atom. The first-order valence-electron chi connectivity index (χ1n) is 8.85. The van der Waals surface area contributed by atoms with Crippen LogP contribution in [0.25, 0.3) is 0 Å². The molecule has 0 saturated heterocycles. The summed E-state index contributed by atoms with van der Waals surface area (Å²) in [6, 6.07) is 18.5. The number of methoxy groups -OCH3 is 1. The topological polar surface area (TPSA) is 51.7 Å². The Bertz CT molecular complexity index is 934. The number of hydrogen-bond acceptors (Lipinski definition) is 4. The molecule has 0 saturated carbocycles. The summed E-state index contributed by atoms with van der Waals surface area (Å²) in [5, 5.41) is 0. The Morgan fingerprint density at radius 2 is 1.82 bits per heavy atom. The van der Waals surface area contributed by atoms with Gasteiger partial charge in [0.1, 0.15) is 11.6 Å². The molecule has 0 aliphatic heterocycles. The molecule has 3 rings (SSSR count). The van der Waals surface area contributed by atoms with E-state index >= 15 is 0 Å². The fourth-order valence-corrected chi connectivity index (χ4v) is 2.78. The standard InChI is InChI=1S/C22H21FN2O3/c1-16(28-20-11-4-3-10-19(20)27-2)22(26)25(21-12-5-6-13-24-21)15-17-8-7-9-18(23)14-17/h3-14,16H,15H2,1-2H3/t16-/m0/s1. The first-order chi connectivity index (χ1) is 13.6. The Balaban J connectivity index is 1.85. The third-order valence-corrected chi connectivity index (χ3v) is 4.14. The summed E-state index contributed by atoms with van der Waals surface area (Å²) in [4.78, 5) is 18.9. The maximum Gasteiger partial charge on any atom is 0.269 e. The largest absolute Gasteiger partial charge is 0.493 e. The van der Waals surface area contributed by atoms with E-state index in [1.165, 1.54) is 17.0 Å². The number of aromatic nitrogens is 1. The van der Waals surface area contributed by atoms with Crippen molar-refractivity contribution in [1.82, 2.24) is 4.98 Å². The molecule has 3 aromatic rings. The quantitative estimate of drug-likeness (QED) is 0.616. The molecule has 0 N–H and O–H groups in total.